The summed E-state index contributed by atoms with van der Waals surface area (Å²) in [5, 5.41) is 0. The highest BCUT2D eigenvalue weighted by molar-refractivity contribution is 5.95. The van der Waals surface area contributed by atoms with Gasteiger partial charge in [-0.05, 0) is 31.9 Å². The Bertz CT molecular complexity index is 899. The minimum absolute atomic E-state index is 0.0347. The fourth-order valence-electron chi connectivity index (χ4n) is 4.07. The molecule has 0 bridgehead atoms. The number of ether oxygens (including phenoxy) is 3. The van der Waals surface area contributed by atoms with Gasteiger partial charge < -0.3 is 28.6 Å². The van der Waals surface area contributed by atoms with Crippen molar-refractivity contribution < 1.29 is 23.8 Å². The molecule has 0 spiro atoms. The predicted molar refractivity (Wildman–Crippen MR) is 119 cm³/mol. The molecule has 9 heteroatoms. The molecule has 0 unspecified atom stereocenters. The molecule has 3 rings (SSSR count). The lowest BCUT2D eigenvalue weighted by Crippen LogP contribution is -2.50. The van der Waals surface area contributed by atoms with Crippen molar-refractivity contribution >= 4 is 11.8 Å². The zero-order chi connectivity index (χ0) is 23.1. The number of likely N-dealkylation sites (tertiary alicyclic amines) is 1. The fraction of sp³-hybridized carbons (Fsp3) is 0.522. The zero-order valence-corrected chi connectivity index (χ0v) is 19.2. The Morgan fingerprint density at radius 3 is 2.28 bits per heavy atom. The van der Waals surface area contributed by atoms with Gasteiger partial charge in [0.1, 0.15) is 23.9 Å². The molecule has 2 aromatic rings. The third kappa shape index (κ3) is 5.59. The number of amides is 2. The van der Waals surface area contributed by atoms with Gasteiger partial charge in [-0.2, -0.15) is 0 Å². The van der Waals surface area contributed by atoms with E-state index >= 15 is 0 Å². The highest BCUT2D eigenvalue weighted by Crippen LogP contribution is 2.25. The molecule has 1 aliphatic rings. The quantitative estimate of drug-likeness (QED) is 0.588. The lowest BCUT2D eigenvalue weighted by molar-refractivity contribution is -0.138. The minimum Gasteiger partial charge on any atom is -0.497 e. The number of hydrogen-bond acceptors (Lipinski definition) is 6. The summed E-state index contributed by atoms with van der Waals surface area (Å²) in [6, 6.07) is 5.24. The number of rotatable bonds is 9. The molecule has 1 saturated heterocycles. The molecule has 0 saturated carbocycles. The smallest absolute Gasteiger partial charge is 0.254 e. The first kappa shape index (κ1) is 23.6. The number of piperidine rings is 1. The molecule has 1 aromatic heterocycles. The first-order valence-corrected chi connectivity index (χ1v) is 10.7. The second-order valence-electron chi connectivity index (χ2n) is 7.81. The third-order valence-electron chi connectivity index (χ3n) is 5.88. The van der Waals surface area contributed by atoms with E-state index in [-0.39, 0.29) is 24.5 Å². The molecular formula is C23H32N4O5. The lowest BCUT2D eigenvalue weighted by Gasteiger charge is -2.38. The van der Waals surface area contributed by atoms with Crippen LogP contribution in [0.4, 0.5) is 0 Å². The maximum Gasteiger partial charge on any atom is 0.254 e. The number of methoxy groups -OCH3 is 3. The number of carbonyl (C=O) groups excluding carboxylic acids is 2. The number of hydrogen-bond donors (Lipinski definition) is 0. The van der Waals surface area contributed by atoms with E-state index in [9.17, 15) is 9.59 Å². The number of aromatic nitrogens is 2. The van der Waals surface area contributed by atoms with E-state index in [1.165, 1.54) is 7.11 Å². The Morgan fingerprint density at radius 1 is 1.09 bits per heavy atom. The van der Waals surface area contributed by atoms with Crippen LogP contribution in [0, 0.1) is 6.92 Å². The van der Waals surface area contributed by atoms with Gasteiger partial charge in [-0.15, -0.1) is 0 Å². The highest BCUT2D eigenvalue weighted by Gasteiger charge is 2.30. The standard InChI is InChI=1S/C23H32N4O5/c1-17-24-7-10-25(17)11-12-27(22(28)16-30-2)19-5-8-26(9-6-19)23(29)18-13-20(31-3)15-21(14-18)32-4/h7,10,13-15,19H,5-6,8-9,11-12,16H2,1-4H3. The molecule has 1 aliphatic heterocycles. The summed E-state index contributed by atoms with van der Waals surface area (Å²) >= 11 is 0. The van der Waals surface area contributed by atoms with Gasteiger partial charge in [0.25, 0.3) is 5.91 Å². The Hall–Kier alpha value is -3.07. The maximum absolute atomic E-state index is 13.1. The van der Waals surface area contributed by atoms with Crippen LogP contribution in [0.5, 0.6) is 11.5 Å². The molecule has 9 nitrogen and oxygen atoms in total. The first-order chi connectivity index (χ1) is 15.5. The Balaban J connectivity index is 1.65. The van der Waals surface area contributed by atoms with Crippen LogP contribution in [0.1, 0.15) is 29.0 Å². The van der Waals surface area contributed by atoms with Gasteiger partial charge in [-0.25, -0.2) is 4.98 Å². The number of carbonyl (C=O) groups is 2. The largest absolute Gasteiger partial charge is 0.497 e. The van der Waals surface area contributed by atoms with E-state index in [0.717, 1.165) is 5.82 Å². The van der Waals surface area contributed by atoms with Gasteiger partial charge in [0, 0.05) is 63.4 Å². The van der Waals surface area contributed by atoms with Crippen LogP contribution < -0.4 is 9.47 Å². The van der Waals surface area contributed by atoms with E-state index < -0.39 is 0 Å². The number of nitrogens with zero attached hydrogens (tertiary/aromatic N) is 4. The molecular weight excluding hydrogens is 412 g/mol. The van der Waals surface area contributed by atoms with E-state index in [1.54, 1.807) is 38.6 Å². The van der Waals surface area contributed by atoms with Crippen LogP contribution in [0.25, 0.3) is 0 Å². The molecule has 2 amide bonds. The summed E-state index contributed by atoms with van der Waals surface area (Å²) in [5.74, 6) is 1.97. The van der Waals surface area contributed by atoms with E-state index in [4.69, 9.17) is 14.2 Å². The SMILES string of the molecule is COCC(=O)N(CCn1ccnc1C)C1CCN(C(=O)c2cc(OC)cc(OC)c2)CC1. The summed E-state index contributed by atoms with van der Waals surface area (Å²) in [4.78, 5) is 33.8. The summed E-state index contributed by atoms with van der Waals surface area (Å²) in [7, 11) is 4.65. The molecule has 0 atom stereocenters. The minimum atomic E-state index is -0.0653. The number of aryl methyl sites for hydroxylation is 1. The summed E-state index contributed by atoms with van der Waals surface area (Å²) < 4.78 is 17.7. The van der Waals surface area contributed by atoms with Gasteiger partial charge in [0.05, 0.1) is 14.2 Å². The molecule has 174 valence electrons. The van der Waals surface area contributed by atoms with E-state index in [0.29, 0.717) is 56.1 Å². The third-order valence-corrected chi connectivity index (χ3v) is 5.88. The monoisotopic (exact) mass is 444 g/mol. The van der Waals surface area contributed by atoms with Crippen molar-refractivity contribution in [3.63, 3.8) is 0 Å². The molecule has 1 aromatic carbocycles. The zero-order valence-electron chi connectivity index (χ0n) is 19.2. The summed E-state index contributed by atoms with van der Waals surface area (Å²) in [6.45, 7) is 4.38. The topological polar surface area (TPSA) is 86.1 Å². The van der Waals surface area contributed by atoms with Crippen molar-refractivity contribution in [3.05, 3.63) is 42.0 Å². The van der Waals surface area contributed by atoms with Crippen molar-refractivity contribution in [2.45, 2.75) is 32.4 Å². The maximum atomic E-state index is 13.1. The fourth-order valence-corrected chi connectivity index (χ4v) is 4.07. The normalized spacial score (nSPS) is 14.3. The van der Waals surface area contributed by atoms with Crippen LogP contribution in [-0.4, -0.2) is 84.8 Å². The number of benzene rings is 1. The first-order valence-electron chi connectivity index (χ1n) is 10.7. The van der Waals surface area contributed by atoms with Crippen molar-refractivity contribution in [2.75, 3.05) is 47.6 Å². The molecule has 0 radical (unpaired) electrons. The Labute approximate surface area is 188 Å². The van der Waals surface area contributed by atoms with Crippen molar-refractivity contribution in [2.24, 2.45) is 0 Å². The van der Waals surface area contributed by atoms with Crippen LogP contribution in [0.15, 0.2) is 30.6 Å². The summed E-state index contributed by atoms with van der Waals surface area (Å²) in [6.07, 6.45) is 5.10. The average Bonchev–Trinajstić information content (AvgIpc) is 3.23. The van der Waals surface area contributed by atoms with Gasteiger partial charge in [-0.1, -0.05) is 0 Å². The average molecular weight is 445 g/mol. The van der Waals surface area contributed by atoms with E-state index in [2.05, 4.69) is 4.98 Å². The van der Waals surface area contributed by atoms with Crippen LogP contribution in [0.3, 0.4) is 0 Å². The van der Waals surface area contributed by atoms with Gasteiger partial charge in [0.15, 0.2) is 0 Å². The van der Waals surface area contributed by atoms with Gasteiger partial charge >= 0.3 is 0 Å². The molecule has 2 heterocycles. The lowest BCUT2D eigenvalue weighted by atomic mass is 10.0. The molecule has 0 N–H and O–H groups in total. The highest BCUT2D eigenvalue weighted by atomic mass is 16.5. The Morgan fingerprint density at radius 2 is 1.75 bits per heavy atom. The van der Waals surface area contributed by atoms with E-state index in [1.807, 2.05) is 27.5 Å². The second-order valence-corrected chi connectivity index (χ2v) is 7.81. The van der Waals surface area contributed by atoms with Crippen LogP contribution in [0.2, 0.25) is 0 Å². The molecule has 0 aliphatic carbocycles. The second kappa shape index (κ2) is 11.0. The van der Waals surface area contributed by atoms with Crippen LogP contribution >= 0.6 is 0 Å². The van der Waals surface area contributed by atoms with Crippen molar-refractivity contribution in [1.29, 1.82) is 0 Å². The Kier molecular flexibility index (Phi) is 8.10. The van der Waals surface area contributed by atoms with Gasteiger partial charge in [0.2, 0.25) is 5.91 Å². The number of imidazole rings is 1. The van der Waals surface area contributed by atoms with Crippen molar-refractivity contribution in [1.82, 2.24) is 19.4 Å². The molecule has 1 fully saturated rings. The predicted octanol–water partition coefficient (Wildman–Crippen LogP) is 1.99. The molecule has 32 heavy (non-hydrogen) atoms. The van der Waals surface area contributed by atoms with Crippen LogP contribution in [-0.2, 0) is 16.1 Å². The van der Waals surface area contributed by atoms with Gasteiger partial charge in [-0.3, -0.25) is 9.59 Å². The summed E-state index contributed by atoms with van der Waals surface area (Å²) in [5.41, 5.74) is 0.530. The van der Waals surface area contributed by atoms with Crippen molar-refractivity contribution in [3.8, 4) is 11.5 Å².